The minimum absolute atomic E-state index is 0.0289. The van der Waals surface area contributed by atoms with Gasteiger partial charge in [-0.25, -0.2) is 0 Å². The largest absolute Gasteiger partial charge is 0.351 e. The van der Waals surface area contributed by atoms with Crippen LogP contribution < -0.4 is 10.2 Å². The van der Waals surface area contributed by atoms with E-state index in [2.05, 4.69) is 21.2 Å². The minimum atomic E-state index is -0.186. The maximum atomic E-state index is 11.6. The van der Waals surface area contributed by atoms with Gasteiger partial charge < -0.3 is 10.2 Å². The summed E-state index contributed by atoms with van der Waals surface area (Å²) < 4.78 is 0. The maximum Gasteiger partial charge on any atom is 0.233 e. The predicted molar refractivity (Wildman–Crippen MR) is 78.3 cm³/mol. The number of anilines is 1. The van der Waals surface area contributed by atoms with Crippen molar-refractivity contribution >= 4 is 33.4 Å². The Balaban J connectivity index is 1.95. The lowest BCUT2D eigenvalue weighted by atomic mass is 10.2. The zero-order valence-corrected chi connectivity index (χ0v) is 12.4. The summed E-state index contributed by atoms with van der Waals surface area (Å²) in [5.41, 5.74) is 1.96. The fourth-order valence-corrected chi connectivity index (χ4v) is 2.21. The third kappa shape index (κ3) is 3.56. The van der Waals surface area contributed by atoms with Crippen molar-refractivity contribution in [1.29, 1.82) is 0 Å². The molecule has 1 N–H and O–H groups in total. The Hall–Kier alpha value is -1.36. The van der Waals surface area contributed by atoms with E-state index >= 15 is 0 Å². The molecule has 19 heavy (non-hydrogen) atoms. The van der Waals surface area contributed by atoms with E-state index in [9.17, 15) is 9.59 Å². The number of carbonyl (C=O) groups is 2. The van der Waals surface area contributed by atoms with Crippen molar-refractivity contribution in [2.24, 2.45) is 0 Å². The lowest BCUT2D eigenvalue weighted by molar-refractivity contribution is -0.120. The molecule has 1 aliphatic heterocycles. The second kappa shape index (κ2) is 6.19. The molecule has 1 atom stereocenters. The van der Waals surface area contributed by atoms with Crippen molar-refractivity contribution in [3.05, 3.63) is 29.8 Å². The number of nitrogens with zero attached hydrogens (tertiary/aromatic N) is 1. The Morgan fingerprint density at radius 3 is 2.63 bits per heavy atom. The molecule has 0 saturated carbocycles. The maximum absolute atomic E-state index is 11.6. The van der Waals surface area contributed by atoms with E-state index in [1.807, 2.05) is 29.2 Å². The third-order valence-electron chi connectivity index (χ3n) is 3.15. The molecule has 0 aliphatic carbocycles. The number of amides is 2. The number of alkyl halides is 1. The summed E-state index contributed by atoms with van der Waals surface area (Å²) in [4.78, 5) is 24.7. The lowest BCUT2D eigenvalue weighted by Crippen LogP contribution is -2.28. The van der Waals surface area contributed by atoms with E-state index in [0.29, 0.717) is 13.0 Å². The van der Waals surface area contributed by atoms with Crippen LogP contribution in [0.3, 0.4) is 0 Å². The molecule has 2 rings (SSSR count). The van der Waals surface area contributed by atoms with Crippen molar-refractivity contribution in [2.45, 2.75) is 31.1 Å². The van der Waals surface area contributed by atoms with Crippen LogP contribution in [0.4, 0.5) is 5.69 Å². The minimum Gasteiger partial charge on any atom is -0.351 e. The third-order valence-corrected chi connectivity index (χ3v) is 3.57. The van der Waals surface area contributed by atoms with Gasteiger partial charge in [0.1, 0.15) is 0 Å². The number of carbonyl (C=O) groups excluding carboxylic acids is 2. The monoisotopic (exact) mass is 324 g/mol. The zero-order chi connectivity index (χ0) is 13.8. The first-order chi connectivity index (χ1) is 9.08. The van der Waals surface area contributed by atoms with Gasteiger partial charge in [0.05, 0.1) is 4.83 Å². The molecule has 1 heterocycles. The summed E-state index contributed by atoms with van der Waals surface area (Å²) in [6.45, 7) is 3.09. The Kier molecular flexibility index (Phi) is 4.58. The van der Waals surface area contributed by atoms with Crippen LogP contribution in [-0.4, -0.2) is 23.2 Å². The fraction of sp³-hybridized carbons (Fsp3) is 0.429. The molecular weight excluding hydrogens is 308 g/mol. The van der Waals surface area contributed by atoms with E-state index in [-0.39, 0.29) is 16.6 Å². The molecule has 0 radical (unpaired) electrons. The van der Waals surface area contributed by atoms with Crippen LogP contribution in [0.15, 0.2) is 24.3 Å². The summed E-state index contributed by atoms with van der Waals surface area (Å²) in [6, 6.07) is 7.75. The fourth-order valence-electron chi connectivity index (χ4n) is 2.04. The highest BCUT2D eigenvalue weighted by molar-refractivity contribution is 9.10. The molecule has 2 amide bonds. The second-order valence-electron chi connectivity index (χ2n) is 4.65. The van der Waals surface area contributed by atoms with E-state index in [1.165, 1.54) is 0 Å². The first-order valence-corrected chi connectivity index (χ1v) is 7.30. The Bertz CT molecular complexity index is 471. The summed E-state index contributed by atoms with van der Waals surface area (Å²) in [7, 11) is 0. The standard InChI is InChI=1S/C14H17BrN2O2/c1-10(15)14(19)16-9-11-4-6-12(7-5-11)17-8-2-3-13(17)18/h4-7,10H,2-3,8-9H2,1H3,(H,16,19). The number of halogens is 1. The summed E-state index contributed by atoms with van der Waals surface area (Å²) in [5, 5.41) is 2.83. The Labute approximate surface area is 121 Å². The number of hydrogen-bond donors (Lipinski definition) is 1. The summed E-state index contributed by atoms with van der Waals surface area (Å²) in [6.07, 6.45) is 1.57. The molecule has 1 fully saturated rings. The van der Waals surface area contributed by atoms with Crippen molar-refractivity contribution in [3.8, 4) is 0 Å². The molecule has 0 aromatic heterocycles. The topological polar surface area (TPSA) is 49.4 Å². The highest BCUT2D eigenvalue weighted by Gasteiger charge is 2.21. The lowest BCUT2D eigenvalue weighted by Gasteiger charge is -2.16. The average molecular weight is 325 g/mol. The van der Waals surface area contributed by atoms with E-state index in [1.54, 1.807) is 6.92 Å². The number of benzene rings is 1. The average Bonchev–Trinajstić information content (AvgIpc) is 2.82. The van der Waals surface area contributed by atoms with Crippen LogP contribution >= 0.6 is 15.9 Å². The molecule has 1 saturated heterocycles. The summed E-state index contributed by atoms with van der Waals surface area (Å²) in [5.74, 6) is 0.160. The summed E-state index contributed by atoms with van der Waals surface area (Å²) >= 11 is 3.22. The van der Waals surface area contributed by atoms with Gasteiger partial charge in [-0.05, 0) is 31.0 Å². The Morgan fingerprint density at radius 1 is 1.42 bits per heavy atom. The molecule has 0 bridgehead atoms. The van der Waals surface area contributed by atoms with Gasteiger partial charge in [-0.15, -0.1) is 0 Å². The molecule has 4 nitrogen and oxygen atoms in total. The van der Waals surface area contributed by atoms with E-state index < -0.39 is 0 Å². The second-order valence-corrected chi connectivity index (χ2v) is 6.02. The molecule has 102 valence electrons. The first-order valence-electron chi connectivity index (χ1n) is 6.39. The van der Waals surface area contributed by atoms with Gasteiger partial charge in [0.15, 0.2) is 0 Å². The highest BCUT2D eigenvalue weighted by atomic mass is 79.9. The van der Waals surface area contributed by atoms with Crippen molar-refractivity contribution in [2.75, 3.05) is 11.4 Å². The van der Waals surface area contributed by atoms with E-state index in [0.717, 1.165) is 24.2 Å². The van der Waals surface area contributed by atoms with Gasteiger partial charge in [-0.2, -0.15) is 0 Å². The number of rotatable bonds is 4. The SMILES string of the molecule is CC(Br)C(=O)NCc1ccc(N2CCCC2=O)cc1. The van der Waals surface area contributed by atoms with Crippen molar-refractivity contribution in [1.82, 2.24) is 5.32 Å². The molecular formula is C14H17BrN2O2. The van der Waals surface area contributed by atoms with Crippen LogP contribution in [0.25, 0.3) is 0 Å². The van der Waals surface area contributed by atoms with E-state index in [4.69, 9.17) is 0 Å². The molecule has 1 aromatic carbocycles. The van der Waals surface area contributed by atoms with Crippen LogP contribution in [-0.2, 0) is 16.1 Å². The van der Waals surface area contributed by atoms with Gasteiger partial charge in [-0.3, -0.25) is 9.59 Å². The van der Waals surface area contributed by atoms with Crippen LogP contribution in [0.2, 0.25) is 0 Å². The van der Waals surface area contributed by atoms with Gasteiger partial charge in [0, 0.05) is 25.2 Å². The molecule has 1 unspecified atom stereocenters. The molecule has 5 heteroatoms. The number of hydrogen-bond acceptors (Lipinski definition) is 2. The molecule has 1 aliphatic rings. The van der Waals surface area contributed by atoms with Crippen LogP contribution in [0.1, 0.15) is 25.3 Å². The van der Waals surface area contributed by atoms with Crippen molar-refractivity contribution < 1.29 is 9.59 Å². The van der Waals surface area contributed by atoms with Gasteiger partial charge in [-0.1, -0.05) is 28.1 Å². The van der Waals surface area contributed by atoms with Gasteiger partial charge in [0.25, 0.3) is 0 Å². The normalized spacial score (nSPS) is 16.5. The smallest absolute Gasteiger partial charge is 0.233 e. The van der Waals surface area contributed by atoms with Crippen LogP contribution in [0, 0.1) is 0 Å². The molecule has 1 aromatic rings. The van der Waals surface area contributed by atoms with Crippen LogP contribution in [0.5, 0.6) is 0 Å². The van der Waals surface area contributed by atoms with Gasteiger partial charge in [0.2, 0.25) is 11.8 Å². The Morgan fingerprint density at radius 2 is 2.11 bits per heavy atom. The zero-order valence-electron chi connectivity index (χ0n) is 10.9. The quantitative estimate of drug-likeness (QED) is 0.863. The van der Waals surface area contributed by atoms with Gasteiger partial charge >= 0.3 is 0 Å². The van der Waals surface area contributed by atoms with Crippen molar-refractivity contribution in [3.63, 3.8) is 0 Å². The predicted octanol–water partition coefficient (Wildman–Crippen LogP) is 2.21. The highest BCUT2D eigenvalue weighted by Crippen LogP contribution is 2.21. The number of nitrogens with one attached hydrogen (secondary N) is 1. The molecule has 0 spiro atoms. The first kappa shape index (κ1) is 14.1.